The smallest absolute Gasteiger partial charge is 0.0715 e. The standard InChI is InChI=1S/C14H15BrN2O/c1-9-6-12(15)4-5-13(9)17-14(10-2-3-10)11(8-18)7-16-17/h4-7,10,18H,2-3,8H2,1H3. The number of hydrogen-bond donors (Lipinski definition) is 1. The maximum Gasteiger partial charge on any atom is 0.0715 e. The highest BCUT2D eigenvalue weighted by molar-refractivity contribution is 9.10. The van der Waals surface area contributed by atoms with Gasteiger partial charge in [-0.25, -0.2) is 4.68 Å². The van der Waals surface area contributed by atoms with Crippen molar-refractivity contribution in [3.63, 3.8) is 0 Å². The van der Waals surface area contributed by atoms with Crippen molar-refractivity contribution >= 4 is 15.9 Å². The fourth-order valence-corrected chi connectivity index (χ4v) is 2.83. The van der Waals surface area contributed by atoms with Gasteiger partial charge in [0, 0.05) is 16.0 Å². The lowest BCUT2D eigenvalue weighted by Gasteiger charge is -2.11. The van der Waals surface area contributed by atoms with E-state index in [2.05, 4.69) is 40.1 Å². The molecule has 0 aliphatic heterocycles. The molecule has 0 radical (unpaired) electrons. The summed E-state index contributed by atoms with van der Waals surface area (Å²) in [6.45, 7) is 2.15. The van der Waals surface area contributed by atoms with E-state index in [1.807, 2.05) is 10.7 Å². The Bertz CT molecular complexity index is 587. The van der Waals surface area contributed by atoms with Crippen molar-refractivity contribution in [2.45, 2.75) is 32.3 Å². The predicted molar refractivity (Wildman–Crippen MR) is 73.9 cm³/mol. The maximum atomic E-state index is 9.41. The van der Waals surface area contributed by atoms with Crippen LogP contribution >= 0.6 is 15.9 Å². The molecule has 0 saturated heterocycles. The number of aliphatic hydroxyl groups excluding tert-OH is 1. The molecule has 0 atom stereocenters. The molecule has 1 aromatic heterocycles. The lowest BCUT2D eigenvalue weighted by atomic mass is 10.1. The molecule has 3 nitrogen and oxygen atoms in total. The predicted octanol–water partition coefficient (Wildman–Crippen LogP) is 3.31. The highest BCUT2D eigenvalue weighted by atomic mass is 79.9. The minimum atomic E-state index is 0.0708. The fourth-order valence-electron chi connectivity index (χ4n) is 2.35. The van der Waals surface area contributed by atoms with Gasteiger partial charge in [0.15, 0.2) is 0 Å². The van der Waals surface area contributed by atoms with Crippen molar-refractivity contribution < 1.29 is 5.11 Å². The molecule has 1 aliphatic rings. The number of hydrogen-bond acceptors (Lipinski definition) is 2. The third-order valence-electron chi connectivity index (χ3n) is 3.41. The molecule has 4 heteroatoms. The van der Waals surface area contributed by atoms with Crippen molar-refractivity contribution in [2.75, 3.05) is 0 Å². The van der Waals surface area contributed by atoms with Crippen LogP contribution in [0.25, 0.3) is 5.69 Å². The molecule has 2 aromatic rings. The second kappa shape index (κ2) is 4.52. The van der Waals surface area contributed by atoms with Gasteiger partial charge in [-0.3, -0.25) is 0 Å². The number of rotatable bonds is 3. The molecule has 1 aromatic carbocycles. The summed E-state index contributed by atoms with van der Waals surface area (Å²) < 4.78 is 3.07. The highest BCUT2D eigenvalue weighted by Crippen LogP contribution is 2.42. The molecule has 94 valence electrons. The molecule has 1 saturated carbocycles. The van der Waals surface area contributed by atoms with Crippen LogP contribution in [0, 0.1) is 6.92 Å². The Kier molecular flexibility index (Phi) is 2.99. The van der Waals surface area contributed by atoms with E-state index < -0.39 is 0 Å². The van der Waals surface area contributed by atoms with Crippen LogP contribution in [-0.4, -0.2) is 14.9 Å². The number of aryl methyl sites for hydroxylation is 1. The lowest BCUT2D eigenvalue weighted by Crippen LogP contribution is -2.04. The van der Waals surface area contributed by atoms with E-state index in [1.165, 1.54) is 24.1 Å². The molecular formula is C14H15BrN2O. The van der Waals surface area contributed by atoms with Gasteiger partial charge in [-0.15, -0.1) is 0 Å². The van der Waals surface area contributed by atoms with Gasteiger partial charge >= 0.3 is 0 Å². The molecule has 1 fully saturated rings. The van der Waals surface area contributed by atoms with E-state index in [9.17, 15) is 5.11 Å². The first-order valence-corrected chi connectivity index (χ1v) is 6.94. The number of aromatic nitrogens is 2. The Morgan fingerprint density at radius 2 is 2.22 bits per heavy atom. The van der Waals surface area contributed by atoms with Crippen molar-refractivity contribution in [2.24, 2.45) is 0 Å². The van der Waals surface area contributed by atoms with E-state index in [0.717, 1.165) is 15.7 Å². The minimum Gasteiger partial charge on any atom is -0.392 e. The topological polar surface area (TPSA) is 38.0 Å². The van der Waals surface area contributed by atoms with Crippen LogP contribution in [0.5, 0.6) is 0 Å². The first kappa shape index (κ1) is 11.9. The molecule has 0 bridgehead atoms. The largest absolute Gasteiger partial charge is 0.392 e. The summed E-state index contributed by atoms with van der Waals surface area (Å²) >= 11 is 3.48. The lowest BCUT2D eigenvalue weighted by molar-refractivity contribution is 0.280. The zero-order valence-corrected chi connectivity index (χ0v) is 11.8. The maximum absolute atomic E-state index is 9.41. The summed E-state index contributed by atoms with van der Waals surface area (Å²) in [4.78, 5) is 0. The Morgan fingerprint density at radius 3 is 2.83 bits per heavy atom. The van der Waals surface area contributed by atoms with Crippen LogP contribution in [0.2, 0.25) is 0 Å². The summed E-state index contributed by atoms with van der Waals surface area (Å²) in [6.07, 6.45) is 4.19. The van der Waals surface area contributed by atoms with Gasteiger partial charge in [-0.2, -0.15) is 5.10 Å². The molecule has 1 heterocycles. The van der Waals surface area contributed by atoms with Crippen molar-refractivity contribution in [1.29, 1.82) is 0 Å². The molecule has 0 amide bonds. The van der Waals surface area contributed by atoms with Gasteiger partial charge in [-0.1, -0.05) is 15.9 Å². The van der Waals surface area contributed by atoms with E-state index in [1.54, 1.807) is 6.20 Å². The molecule has 18 heavy (non-hydrogen) atoms. The summed E-state index contributed by atoms with van der Waals surface area (Å²) in [5.41, 5.74) is 4.42. The van der Waals surface area contributed by atoms with Gasteiger partial charge in [0.25, 0.3) is 0 Å². The summed E-state index contributed by atoms with van der Waals surface area (Å²) in [7, 11) is 0. The van der Waals surface area contributed by atoms with E-state index in [4.69, 9.17) is 0 Å². The van der Waals surface area contributed by atoms with Crippen LogP contribution in [0.3, 0.4) is 0 Å². The summed E-state index contributed by atoms with van der Waals surface area (Å²) in [5.74, 6) is 0.567. The number of nitrogens with zero attached hydrogens (tertiary/aromatic N) is 2. The quantitative estimate of drug-likeness (QED) is 0.944. The molecular weight excluding hydrogens is 292 g/mol. The molecule has 1 aliphatic carbocycles. The average Bonchev–Trinajstić information content (AvgIpc) is 3.09. The average molecular weight is 307 g/mol. The minimum absolute atomic E-state index is 0.0708. The third kappa shape index (κ3) is 1.99. The zero-order valence-electron chi connectivity index (χ0n) is 10.2. The zero-order chi connectivity index (χ0) is 12.7. The van der Waals surface area contributed by atoms with Gasteiger partial charge in [-0.05, 0) is 43.5 Å². The van der Waals surface area contributed by atoms with Crippen LogP contribution in [-0.2, 0) is 6.61 Å². The molecule has 3 rings (SSSR count). The first-order valence-electron chi connectivity index (χ1n) is 6.15. The van der Waals surface area contributed by atoms with E-state index >= 15 is 0 Å². The molecule has 0 unspecified atom stereocenters. The summed E-state index contributed by atoms with van der Waals surface area (Å²) in [5, 5.41) is 13.9. The second-order valence-corrected chi connectivity index (χ2v) is 5.75. The van der Waals surface area contributed by atoms with Crippen LogP contribution < -0.4 is 0 Å². The first-order chi connectivity index (χ1) is 8.70. The van der Waals surface area contributed by atoms with Crippen molar-refractivity contribution in [3.05, 3.63) is 45.7 Å². The van der Waals surface area contributed by atoms with Crippen molar-refractivity contribution in [3.8, 4) is 5.69 Å². The van der Waals surface area contributed by atoms with Crippen LogP contribution in [0.15, 0.2) is 28.9 Å². The number of aliphatic hydroxyl groups is 1. The Hall–Kier alpha value is -1.13. The SMILES string of the molecule is Cc1cc(Br)ccc1-n1ncc(CO)c1C1CC1. The Balaban J connectivity index is 2.13. The Morgan fingerprint density at radius 1 is 1.44 bits per heavy atom. The fraction of sp³-hybridized carbons (Fsp3) is 0.357. The van der Waals surface area contributed by atoms with Gasteiger partial charge in [0.1, 0.15) is 0 Å². The number of benzene rings is 1. The third-order valence-corrected chi connectivity index (χ3v) is 3.90. The van der Waals surface area contributed by atoms with Crippen LogP contribution in [0.4, 0.5) is 0 Å². The monoisotopic (exact) mass is 306 g/mol. The van der Waals surface area contributed by atoms with E-state index in [-0.39, 0.29) is 6.61 Å². The second-order valence-electron chi connectivity index (χ2n) is 4.83. The highest BCUT2D eigenvalue weighted by Gasteiger charge is 2.30. The molecule has 1 N–H and O–H groups in total. The van der Waals surface area contributed by atoms with Gasteiger partial charge in [0.05, 0.1) is 24.2 Å². The van der Waals surface area contributed by atoms with Crippen LogP contribution in [0.1, 0.15) is 35.6 Å². The molecule has 0 spiro atoms. The van der Waals surface area contributed by atoms with Gasteiger partial charge < -0.3 is 5.11 Å². The van der Waals surface area contributed by atoms with Gasteiger partial charge in [0.2, 0.25) is 0 Å². The van der Waals surface area contributed by atoms with Crippen molar-refractivity contribution in [1.82, 2.24) is 9.78 Å². The van der Waals surface area contributed by atoms with E-state index in [0.29, 0.717) is 5.92 Å². The summed E-state index contributed by atoms with van der Waals surface area (Å²) in [6, 6.07) is 6.19. The normalized spacial score (nSPS) is 15.1. The Labute approximate surface area is 115 Å². The number of halogens is 1.